The summed E-state index contributed by atoms with van der Waals surface area (Å²) in [6, 6.07) is 8.21. The number of methoxy groups -OCH3 is 1. The molecule has 0 radical (unpaired) electrons. The molecule has 0 bridgehead atoms. The minimum atomic E-state index is -0.367. The van der Waals surface area contributed by atoms with Crippen molar-refractivity contribution < 1.29 is 9.53 Å². The highest BCUT2D eigenvalue weighted by Gasteiger charge is 2.21. The first-order valence-electron chi connectivity index (χ1n) is 8.99. The van der Waals surface area contributed by atoms with Gasteiger partial charge in [-0.05, 0) is 68.2 Å². The van der Waals surface area contributed by atoms with Gasteiger partial charge in [0.15, 0.2) is 0 Å². The van der Waals surface area contributed by atoms with E-state index in [1.165, 1.54) is 37.1 Å². The van der Waals surface area contributed by atoms with E-state index in [4.69, 9.17) is 4.74 Å². The second-order valence-corrected chi connectivity index (χ2v) is 7.04. The number of benzene rings is 1. The van der Waals surface area contributed by atoms with Crippen molar-refractivity contribution in [2.24, 2.45) is 0 Å². The molecule has 0 unspecified atom stereocenters. The fourth-order valence-electron chi connectivity index (χ4n) is 3.81. The summed E-state index contributed by atoms with van der Waals surface area (Å²) in [5.74, 6) is 0.226. The Labute approximate surface area is 153 Å². The maximum Gasteiger partial charge on any atom is 0.339 e. The number of H-pyrrole nitrogens is 1. The lowest BCUT2D eigenvalue weighted by Gasteiger charge is -2.28. The highest BCUT2D eigenvalue weighted by Crippen LogP contribution is 2.34. The van der Waals surface area contributed by atoms with E-state index >= 15 is 0 Å². The molecule has 1 aromatic carbocycles. The van der Waals surface area contributed by atoms with Crippen molar-refractivity contribution >= 4 is 16.9 Å². The third kappa shape index (κ3) is 3.10. The molecule has 0 aliphatic carbocycles. The average Bonchev–Trinajstić information content (AvgIpc) is 3.11. The molecular formula is C21H23N3O2. The van der Waals surface area contributed by atoms with Crippen LogP contribution in [-0.2, 0) is 4.74 Å². The fraction of sp³-hybridized carbons (Fsp3) is 0.333. The average molecular weight is 349 g/mol. The number of carbonyl (C=O) groups is 1. The zero-order valence-electron chi connectivity index (χ0n) is 15.2. The summed E-state index contributed by atoms with van der Waals surface area (Å²) in [7, 11) is 3.57. The number of piperidine rings is 1. The monoisotopic (exact) mass is 349 g/mol. The van der Waals surface area contributed by atoms with Gasteiger partial charge < -0.3 is 14.6 Å². The van der Waals surface area contributed by atoms with Crippen LogP contribution in [0, 0.1) is 0 Å². The summed E-state index contributed by atoms with van der Waals surface area (Å²) in [5.41, 5.74) is 5.00. The van der Waals surface area contributed by atoms with Gasteiger partial charge in [-0.15, -0.1) is 0 Å². The van der Waals surface area contributed by atoms with E-state index in [-0.39, 0.29) is 5.97 Å². The zero-order chi connectivity index (χ0) is 18.1. The van der Waals surface area contributed by atoms with E-state index < -0.39 is 0 Å². The molecule has 5 nitrogen and oxygen atoms in total. The van der Waals surface area contributed by atoms with Crippen LogP contribution in [0.2, 0.25) is 0 Å². The molecule has 26 heavy (non-hydrogen) atoms. The Morgan fingerprint density at radius 2 is 2.00 bits per heavy atom. The Morgan fingerprint density at radius 3 is 2.77 bits per heavy atom. The molecule has 5 heteroatoms. The van der Waals surface area contributed by atoms with Gasteiger partial charge in [0, 0.05) is 35.1 Å². The van der Waals surface area contributed by atoms with Crippen LogP contribution in [0.3, 0.4) is 0 Å². The molecule has 134 valence electrons. The predicted molar refractivity (Wildman–Crippen MR) is 102 cm³/mol. The number of fused-ring (bicyclic) bond motifs is 1. The molecule has 1 fully saturated rings. The van der Waals surface area contributed by atoms with Crippen molar-refractivity contribution in [2.75, 3.05) is 27.2 Å². The van der Waals surface area contributed by atoms with Crippen molar-refractivity contribution in [3.63, 3.8) is 0 Å². The smallest absolute Gasteiger partial charge is 0.339 e. The molecule has 0 saturated carbocycles. The topological polar surface area (TPSA) is 58.2 Å². The number of hydrogen-bond acceptors (Lipinski definition) is 4. The van der Waals surface area contributed by atoms with E-state index in [0.717, 1.165) is 29.7 Å². The highest BCUT2D eigenvalue weighted by molar-refractivity contribution is 5.92. The maximum absolute atomic E-state index is 11.8. The molecule has 2 aromatic heterocycles. The van der Waals surface area contributed by atoms with Gasteiger partial charge in [0.1, 0.15) is 0 Å². The fourth-order valence-corrected chi connectivity index (χ4v) is 3.81. The summed E-state index contributed by atoms with van der Waals surface area (Å²) in [6.07, 6.45) is 7.86. The van der Waals surface area contributed by atoms with E-state index in [1.54, 1.807) is 6.20 Å². The molecule has 1 N–H and O–H groups in total. The SMILES string of the molecule is COC(=O)c1cncc(-c2ccc3[nH]cc(C4CCN(C)CC4)c3c2)c1. The normalized spacial score (nSPS) is 16.1. The van der Waals surface area contributed by atoms with E-state index in [1.807, 2.05) is 6.07 Å². The summed E-state index contributed by atoms with van der Waals surface area (Å²) in [5, 5.41) is 1.26. The summed E-state index contributed by atoms with van der Waals surface area (Å²) in [4.78, 5) is 21.8. The Balaban J connectivity index is 1.71. The minimum absolute atomic E-state index is 0.367. The van der Waals surface area contributed by atoms with Gasteiger partial charge >= 0.3 is 5.97 Å². The van der Waals surface area contributed by atoms with Crippen LogP contribution in [0.5, 0.6) is 0 Å². The van der Waals surface area contributed by atoms with Crippen LogP contribution >= 0.6 is 0 Å². The Kier molecular flexibility index (Phi) is 4.47. The molecule has 0 amide bonds. The Morgan fingerprint density at radius 1 is 1.19 bits per heavy atom. The van der Waals surface area contributed by atoms with Crippen LogP contribution in [0.25, 0.3) is 22.0 Å². The number of aromatic nitrogens is 2. The molecule has 4 rings (SSSR count). The molecule has 1 saturated heterocycles. The number of nitrogens with zero attached hydrogens (tertiary/aromatic N) is 2. The van der Waals surface area contributed by atoms with Crippen LogP contribution in [0.15, 0.2) is 42.9 Å². The summed E-state index contributed by atoms with van der Waals surface area (Å²) < 4.78 is 4.80. The van der Waals surface area contributed by atoms with Gasteiger partial charge in [0.25, 0.3) is 0 Å². The molecule has 3 aromatic rings. The standard InChI is InChI=1S/C21H23N3O2/c1-24-7-5-14(6-8-24)19-13-23-20-4-3-15(10-18(19)20)16-9-17(12-22-11-16)21(25)26-2/h3-4,9-14,23H,5-8H2,1-2H3. The lowest BCUT2D eigenvalue weighted by molar-refractivity contribution is 0.0600. The third-order valence-corrected chi connectivity index (χ3v) is 5.36. The molecule has 0 atom stereocenters. The second-order valence-electron chi connectivity index (χ2n) is 7.04. The van der Waals surface area contributed by atoms with Crippen LogP contribution < -0.4 is 0 Å². The van der Waals surface area contributed by atoms with Crippen LogP contribution in [0.4, 0.5) is 0 Å². The van der Waals surface area contributed by atoms with Gasteiger partial charge in [-0.1, -0.05) is 6.07 Å². The minimum Gasteiger partial charge on any atom is -0.465 e. The number of carbonyl (C=O) groups excluding carboxylic acids is 1. The molecule has 0 spiro atoms. The van der Waals surface area contributed by atoms with E-state index in [9.17, 15) is 4.79 Å². The van der Waals surface area contributed by atoms with Gasteiger partial charge in [0.05, 0.1) is 12.7 Å². The van der Waals surface area contributed by atoms with Crippen molar-refractivity contribution in [1.29, 1.82) is 0 Å². The van der Waals surface area contributed by atoms with Crippen molar-refractivity contribution in [1.82, 2.24) is 14.9 Å². The van der Waals surface area contributed by atoms with Crippen molar-refractivity contribution in [3.05, 3.63) is 54.0 Å². The number of pyridine rings is 1. The Bertz CT molecular complexity index is 939. The molecule has 1 aliphatic heterocycles. The number of likely N-dealkylation sites (tertiary alicyclic amines) is 1. The number of rotatable bonds is 3. The van der Waals surface area contributed by atoms with E-state index in [0.29, 0.717) is 11.5 Å². The summed E-state index contributed by atoms with van der Waals surface area (Å²) in [6.45, 7) is 2.28. The lowest BCUT2D eigenvalue weighted by Crippen LogP contribution is -2.29. The molecular weight excluding hydrogens is 326 g/mol. The first-order valence-corrected chi connectivity index (χ1v) is 8.99. The second kappa shape index (κ2) is 6.92. The number of aromatic amines is 1. The van der Waals surface area contributed by atoms with Crippen molar-refractivity contribution in [2.45, 2.75) is 18.8 Å². The van der Waals surface area contributed by atoms with Gasteiger partial charge in [-0.25, -0.2) is 4.79 Å². The van der Waals surface area contributed by atoms with Crippen molar-refractivity contribution in [3.8, 4) is 11.1 Å². The molecule has 1 aliphatic rings. The van der Waals surface area contributed by atoms with Gasteiger partial charge in [-0.2, -0.15) is 0 Å². The van der Waals surface area contributed by atoms with Crippen LogP contribution in [-0.4, -0.2) is 48.1 Å². The largest absolute Gasteiger partial charge is 0.465 e. The quantitative estimate of drug-likeness (QED) is 0.730. The van der Waals surface area contributed by atoms with Gasteiger partial charge in [-0.3, -0.25) is 4.98 Å². The van der Waals surface area contributed by atoms with Gasteiger partial charge in [0.2, 0.25) is 0 Å². The predicted octanol–water partition coefficient (Wildman–Crippen LogP) is 3.83. The Hall–Kier alpha value is -2.66. The highest BCUT2D eigenvalue weighted by atomic mass is 16.5. The van der Waals surface area contributed by atoms with E-state index in [2.05, 4.69) is 46.3 Å². The first-order chi connectivity index (χ1) is 12.7. The summed E-state index contributed by atoms with van der Waals surface area (Å²) >= 11 is 0. The maximum atomic E-state index is 11.8. The first kappa shape index (κ1) is 16.8. The number of ether oxygens (including phenoxy) is 1. The number of hydrogen-bond donors (Lipinski definition) is 1. The lowest BCUT2D eigenvalue weighted by atomic mass is 9.89. The third-order valence-electron chi connectivity index (χ3n) is 5.36. The number of esters is 1. The van der Waals surface area contributed by atoms with Crippen LogP contribution in [0.1, 0.15) is 34.7 Å². The molecule has 3 heterocycles. The number of nitrogens with one attached hydrogen (secondary N) is 1. The zero-order valence-corrected chi connectivity index (χ0v) is 15.2.